The lowest BCUT2D eigenvalue weighted by molar-refractivity contribution is -0.384. The zero-order valence-corrected chi connectivity index (χ0v) is 20.8. The first-order chi connectivity index (χ1) is 17.2. The van der Waals surface area contributed by atoms with E-state index in [1.54, 1.807) is 18.3 Å². The largest absolute Gasteiger partial charge is 0.318 e. The number of aromatic nitrogens is 1. The summed E-state index contributed by atoms with van der Waals surface area (Å²) in [5, 5.41) is 15.1. The van der Waals surface area contributed by atoms with Gasteiger partial charge in [-0.3, -0.25) is 14.9 Å². The fourth-order valence-corrected chi connectivity index (χ4v) is 4.32. The minimum absolute atomic E-state index is 0.0737. The van der Waals surface area contributed by atoms with Gasteiger partial charge in [0.05, 0.1) is 17.6 Å². The fourth-order valence-electron chi connectivity index (χ4n) is 4.32. The third kappa shape index (κ3) is 5.41. The molecule has 4 rings (SSSR count). The van der Waals surface area contributed by atoms with Crippen LogP contribution in [0, 0.1) is 37.8 Å². The summed E-state index contributed by atoms with van der Waals surface area (Å²) < 4.78 is 2.12. The smallest absolute Gasteiger partial charge is 0.269 e. The summed E-state index contributed by atoms with van der Waals surface area (Å²) in [6, 6.07) is 22.6. The molecule has 0 aliphatic heterocycles. The standard InChI is InChI=1S/C29H28N4O3/c1-19-5-6-25(20(2)15-19)17-29(34)31-30-18-26-16-21(3)32(22(26)4)27-11-7-23(8-12-27)24-9-13-28(14-10-24)33(35)36/h5-16,18H,17H2,1-4H3,(H,31,34)/b30-18+. The molecule has 0 radical (unpaired) electrons. The van der Waals surface area contributed by atoms with Gasteiger partial charge in [0.15, 0.2) is 0 Å². The summed E-state index contributed by atoms with van der Waals surface area (Å²) >= 11 is 0. The average Bonchev–Trinajstić information content (AvgIpc) is 3.14. The lowest BCUT2D eigenvalue weighted by Gasteiger charge is -2.11. The van der Waals surface area contributed by atoms with Crippen molar-refractivity contribution in [1.82, 2.24) is 9.99 Å². The number of amides is 1. The minimum Gasteiger partial charge on any atom is -0.318 e. The van der Waals surface area contributed by atoms with Crippen molar-refractivity contribution in [2.45, 2.75) is 34.1 Å². The number of nitrogens with zero attached hydrogens (tertiary/aromatic N) is 3. The number of rotatable bonds is 7. The Hall–Kier alpha value is -4.52. The summed E-state index contributed by atoms with van der Waals surface area (Å²) in [6.45, 7) is 8.07. The van der Waals surface area contributed by atoms with E-state index in [-0.39, 0.29) is 18.0 Å². The van der Waals surface area contributed by atoms with Crippen LogP contribution in [-0.2, 0) is 11.2 Å². The van der Waals surface area contributed by atoms with E-state index >= 15 is 0 Å². The normalized spacial score (nSPS) is 11.1. The monoisotopic (exact) mass is 480 g/mol. The molecule has 0 atom stereocenters. The Morgan fingerprint density at radius 1 is 0.944 bits per heavy atom. The molecule has 0 unspecified atom stereocenters. The van der Waals surface area contributed by atoms with E-state index in [9.17, 15) is 14.9 Å². The second kappa shape index (κ2) is 10.4. The van der Waals surface area contributed by atoms with Crippen LogP contribution >= 0.6 is 0 Å². The van der Waals surface area contributed by atoms with Gasteiger partial charge < -0.3 is 4.57 Å². The maximum absolute atomic E-state index is 12.4. The number of nitro benzene ring substituents is 1. The molecular formula is C29H28N4O3. The molecule has 3 aromatic carbocycles. The van der Waals surface area contributed by atoms with Crippen molar-refractivity contribution in [1.29, 1.82) is 0 Å². The first kappa shape index (κ1) is 24.6. The van der Waals surface area contributed by atoms with Crippen molar-refractivity contribution in [3.8, 4) is 16.8 Å². The lowest BCUT2D eigenvalue weighted by Crippen LogP contribution is -2.20. The topological polar surface area (TPSA) is 89.5 Å². The van der Waals surface area contributed by atoms with Crippen LogP contribution in [-0.4, -0.2) is 21.6 Å². The maximum atomic E-state index is 12.4. The molecule has 1 aromatic heterocycles. The summed E-state index contributed by atoms with van der Waals surface area (Å²) in [4.78, 5) is 22.8. The van der Waals surface area contributed by atoms with Crippen LogP contribution in [0.1, 0.15) is 33.6 Å². The molecule has 0 spiro atoms. The third-order valence-electron chi connectivity index (χ3n) is 6.25. The van der Waals surface area contributed by atoms with E-state index in [4.69, 9.17) is 0 Å². The van der Waals surface area contributed by atoms with E-state index in [0.29, 0.717) is 0 Å². The summed E-state index contributed by atoms with van der Waals surface area (Å²) in [5.41, 5.74) is 11.8. The number of non-ortho nitro benzene ring substituents is 1. The SMILES string of the molecule is Cc1ccc(CC(=O)N/N=C/c2cc(C)n(-c3ccc(-c4ccc([N+](=O)[O-])cc4)cc3)c2C)c(C)c1. The molecule has 1 amide bonds. The first-order valence-corrected chi connectivity index (χ1v) is 11.6. The molecular weight excluding hydrogens is 452 g/mol. The summed E-state index contributed by atoms with van der Waals surface area (Å²) in [7, 11) is 0. The van der Waals surface area contributed by atoms with Gasteiger partial charge in [0.25, 0.3) is 5.69 Å². The van der Waals surface area contributed by atoms with Gasteiger partial charge in [0.1, 0.15) is 0 Å². The van der Waals surface area contributed by atoms with Crippen molar-refractivity contribution in [3.63, 3.8) is 0 Å². The van der Waals surface area contributed by atoms with E-state index in [1.165, 1.54) is 17.7 Å². The molecule has 1 heterocycles. The number of nitro groups is 1. The van der Waals surface area contributed by atoms with Crippen molar-refractivity contribution in [2.24, 2.45) is 5.10 Å². The molecule has 182 valence electrons. The number of nitrogens with one attached hydrogen (secondary N) is 1. The third-order valence-corrected chi connectivity index (χ3v) is 6.25. The van der Waals surface area contributed by atoms with Crippen LogP contribution in [0.3, 0.4) is 0 Å². The van der Waals surface area contributed by atoms with Gasteiger partial charge in [-0.05, 0) is 80.3 Å². The first-order valence-electron chi connectivity index (χ1n) is 11.6. The highest BCUT2D eigenvalue weighted by molar-refractivity contribution is 5.85. The van der Waals surface area contributed by atoms with Gasteiger partial charge in [-0.2, -0.15) is 5.10 Å². The zero-order valence-electron chi connectivity index (χ0n) is 20.8. The van der Waals surface area contributed by atoms with Crippen molar-refractivity contribution in [3.05, 3.63) is 117 Å². The Balaban J connectivity index is 1.46. The Morgan fingerprint density at radius 2 is 1.58 bits per heavy atom. The second-order valence-electron chi connectivity index (χ2n) is 8.91. The van der Waals surface area contributed by atoms with Crippen LogP contribution in [0.5, 0.6) is 0 Å². The predicted octanol–water partition coefficient (Wildman–Crippen LogP) is 5.98. The molecule has 7 nitrogen and oxygen atoms in total. The van der Waals surface area contributed by atoms with Crippen LogP contribution in [0.4, 0.5) is 5.69 Å². The van der Waals surface area contributed by atoms with E-state index in [0.717, 1.165) is 44.9 Å². The number of hydrogen-bond donors (Lipinski definition) is 1. The van der Waals surface area contributed by atoms with E-state index in [2.05, 4.69) is 21.2 Å². The van der Waals surface area contributed by atoms with E-state index < -0.39 is 4.92 Å². The number of aryl methyl sites for hydroxylation is 3. The molecule has 4 aromatic rings. The average molecular weight is 481 g/mol. The van der Waals surface area contributed by atoms with Gasteiger partial charge in [0, 0.05) is 34.8 Å². The molecule has 1 N–H and O–H groups in total. The Kier molecular flexibility index (Phi) is 7.10. The molecule has 0 aliphatic carbocycles. The summed E-state index contributed by atoms with van der Waals surface area (Å²) in [6.07, 6.45) is 1.95. The molecule has 0 bridgehead atoms. The molecule has 0 saturated heterocycles. The molecule has 0 fully saturated rings. The number of carbonyl (C=O) groups excluding carboxylic acids is 1. The Bertz CT molecular complexity index is 1450. The summed E-state index contributed by atoms with van der Waals surface area (Å²) in [5.74, 6) is -0.158. The Labute approximate surface area is 210 Å². The van der Waals surface area contributed by atoms with Crippen molar-refractivity contribution in [2.75, 3.05) is 0 Å². The van der Waals surface area contributed by atoms with Crippen LogP contribution in [0.25, 0.3) is 16.8 Å². The minimum atomic E-state index is -0.401. The van der Waals surface area contributed by atoms with Crippen molar-refractivity contribution >= 4 is 17.8 Å². The number of carbonyl (C=O) groups is 1. The molecule has 7 heteroatoms. The van der Waals surface area contributed by atoms with Gasteiger partial charge in [-0.15, -0.1) is 0 Å². The van der Waals surface area contributed by atoms with Crippen LogP contribution in [0.15, 0.2) is 77.9 Å². The second-order valence-corrected chi connectivity index (χ2v) is 8.91. The van der Waals surface area contributed by atoms with Crippen LogP contribution in [0.2, 0.25) is 0 Å². The predicted molar refractivity (Wildman–Crippen MR) is 143 cm³/mol. The quantitative estimate of drug-likeness (QED) is 0.200. The van der Waals surface area contributed by atoms with E-state index in [1.807, 2.05) is 70.2 Å². The lowest BCUT2D eigenvalue weighted by atomic mass is 10.0. The molecule has 0 aliphatic rings. The van der Waals surface area contributed by atoms with Gasteiger partial charge in [-0.1, -0.05) is 35.9 Å². The highest BCUT2D eigenvalue weighted by Gasteiger charge is 2.11. The Morgan fingerprint density at radius 3 is 2.19 bits per heavy atom. The number of hydrazone groups is 1. The fraction of sp³-hybridized carbons (Fsp3) is 0.172. The van der Waals surface area contributed by atoms with Crippen LogP contribution < -0.4 is 5.43 Å². The molecule has 0 saturated carbocycles. The van der Waals surface area contributed by atoms with Gasteiger partial charge in [-0.25, -0.2) is 5.43 Å². The zero-order chi connectivity index (χ0) is 25.8. The van der Waals surface area contributed by atoms with Gasteiger partial charge >= 0.3 is 0 Å². The highest BCUT2D eigenvalue weighted by atomic mass is 16.6. The highest BCUT2D eigenvalue weighted by Crippen LogP contribution is 2.26. The van der Waals surface area contributed by atoms with Crippen molar-refractivity contribution < 1.29 is 9.72 Å². The number of benzene rings is 3. The maximum Gasteiger partial charge on any atom is 0.269 e. The number of hydrogen-bond acceptors (Lipinski definition) is 4. The molecule has 36 heavy (non-hydrogen) atoms. The van der Waals surface area contributed by atoms with Gasteiger partial charge in [0.2, 0.25) is 5.91 Å².